The molecule has 0 unspecified atom stereocenters. The lowest BCUT2D eigenvalue weighted by Gasteiger charge is -2.27. The number of anilines is 1. The van der Waals surface area contributed by atoms with Crippen LogP contribution in [0, 0.1) is 0 Å². The highest BCUT2D eigenvalue weighted by Gasteiger charge is 2.23. The van der Waals surface area contributed by atoms with Gasteiger partial charge in [0.05, 0.1) is 11.6 Å². The third-order valence-electron chi connectivity index (χ3n) is 4.80. The van der Waals surface area contributed by atoms with E-state index in [-0.39, 0.29) is 6.61 Å². The van der Waals surface area contributed by atoms with Gasteiger partial charge in [-0.3, -0.25) is 14.8 Å². The number of nitrogens with zero attached hydrogens (tertiary/aromatic N) is 4. The standard InChI is InChI=1S/C20H24ClN5O3/c1-25(5-7-29-8-6-27)13-16-10-23-12-17(18(16)21)15-9-14-3-2-4-26(20(22)28)19(14)24-11-15/h6,9-12H,2-5,7-8,13H2,1H3,(H2,22,28). The molecule has 154 valence electrons. The summed E-state index contributed by atoms with van der Waals surface area (Å²) < 4.78 is 5.19. The second-order valence-electron chi connectivity index (χ2n) is 6.94. The van der Waals surface area contributed by atoms with Crippen LogP contribution in [0.4, 0.5) is 10.6 Å². The second kappa shape index (κ2) is 9.78. The zero-order valence-electron chi connectivity index (χ0n) is 16.3. The molecule has 0 aliphatic carbocycles. The summed E-state index contributed by atoms with van der Waals surface area (Å²) in [7, 11) is 1.95. The number of aryl methyl sites for hydroxylation is 1. The molecule has 0 atom stereocenters. The van der Waals surface area contributed by atoms with Crippen LogP contribution in [0.2, 0.25) is 5.02 Å². The van der Waals surface area contributed by atoms with Crippen molar-refractivity contribution in [2.75, 3.05) is 38.3 Å². The highest BCUT2D eigenvalue weighted by atomic mass is 35.5. The molecule has 2 N–H and O–H groups in total. The van der Waals surface area contributed by atoms with E-state index in [0.717, 1.165) is 41.4 Å². The van der Waals surface area contributed by atoms with Gasteiger partial charge in [0.1, 0.15) is 18.7 Å². The molecule has 1 aliphatic rings. The number of carbonyl (C=O) groups is 2. The zero-order valence-corrected chi connectivity index (χ0v) is 17.1. The Balaban J connectivity index is 1.79. The average Bonchev–Trinajstić information content (AvgIpc) is 2.72. The molecular formula is C20H24ClN5O3. The van der Waals surface area contributed by atoms with Crippen LogP contribution in [0.5, 0.6) is 0 Å². The van der Waals surface area contributed by atoms with Gasteiger partial charge in [-0.25, -0.2) is 9.78 Å². The van der Waals surface area contributed by atoms with Gasteiger partial charge in [-0.05, 0) is 31.5 Å². The zero-order chi connectivity index (χ0) is 20.8. The predicted octanol–water partition coefficient (Wildman–Crippen LogP) is 2.28. The Labute approximate surface area is 174 Å². The number of primary amides is 1. The van der Waals surface area contributed by atoms with Gasteiger partial charge in [-0.15, -0.1) is 0 Å². The van der Waals surface area contributed by atoms with Crippen LogP contribution >= 0.6 is 11.6 Å². The third kappa shape index (κ3) is 5.09. The van der Waals surface area contributed by atoms with E-state index in [1.165, 1.54) is 4.90 Å². The maximum Gasteiger partial charge on any atom is 0.320 e. The number of ether oxygens (including phenoxy) is 1. The smallest absolute Gasteiger partial charge is 0.320 e. The molecule has 2 aromatic heterocycles. The van der Waals surface area contributed by atoms with E-state index in [1.807, 2.05) is 18.0 Å². The topological polar surface area (TPSA) is 102 Å². The molecule has 2 aromatic rings. The van der Waals surface area contributed by atoms with E-state index in [4.69, 9.17) is 22.1 Å². The minimum Gasteiger partial charge on any atom is -0.373 e. The first kappa shape index (κ1) is 21.2. The Bertz CT molecular complexity index is 892. The first-order chi connectivity index (χ1) is 14.0. The maximum absolute atomic E-state index is 11.6. The number of fused-ring (bicyclic) bond motifs is 1. The molecule has 0 fully saturated rings. The summed E-state index contributed by atoms with van der Waals surface area (Å²) in [5, 5.41) is 0.616. The summed E-state index contributed by atoms with van der Waals surface area (Å²) in [4.78, 5) is 34.3. The lowest BCUT2D eigenvalue weighted by Crippen LogP contribution is -2.40. The number of hydrogen-bond acceptors (Lipinski definition) is 6. The summed E-state index contributed by atoms with van der Waals surface area (Å²) in [5.74, 6) is 0.614. The maximum atomic E-state index is 11.6. The van der Waals surface area contributed by atoms with Crippen LogP contribution in [-0.2, 0) is 22.5 Å². The number of likely N-dealkylation sites (N-methyl/N-ethyl adjacent to an activating group) is 1. The van der Waals surface area contributed by atoms with Crippen molar-refractivity contribution >= 4 is 29.7 Å². The number of carbonyl (C=O) groups excluding carboxylic acids is 2. The van der Waals surface area contributed by atoms with Gasteiger partial charge in [-0.2, -0.15) is 0 Å². The van der Waals surface area contributed by atoms with Crippen molar-refractivity contribution in [1.82, 2.24) is 14.9 Å². The summed E-state index contributed by atoms with van der Waals surface area (Å²) in [6, 6.07) is 1.51. The Morgan fingerprint density at radius 3 is 3.00 bits per heavy atom. The minimum absolute atomic E-state index is 0.101. The van der Waals surface area contributed by atoms with Crippen LogP contribution < -0.4 is 10.6 Å². The molecule has 8 nitrogen and oxygen atoms in total. The third-order valence-corrected chi connectivity index (χ3v) is 5.25. The Morgan fingerprint density at radius 1 is 1.41 bits per heavy atom. The van der Waals surface area contributed by atoms with Crippen LogP contribution in [0.3, 0.4) is 0 Å². The fraction of sp³-hybridized carbons (Fsp3) is 0.400. The lowest BCUT2D eigenvalue weighted by molar-refractivity contribution is -0.111. The molecule has 0 saturated carbocycles. The van der Waals surface area contributed by atoms with Gasteiger partial charge in [0.2, 0.25) is 0 Å². The van der Waals surface area contributed by atoms with Crippen LogP contribution in [0.1, 0.15) is 17.5 Å². The van der Waals surface area contributed by atoms with E-state index < -0.39 is 6.03 Å². The van der Waals surface area contributed by atoms with Crippen molar-refractivity contribution in [3.8, 4) is 11.1 Å². The SMILES string of the molecule is CN(CCOCC=O)Cc1cncc(-c2cnc3c(c2)CCCN3C(N)=O)c1Cl. The second-order valence-corrected chi connectivity index (χ2v) is 7.32. The largest absolute Gasteiger partial charge is 0.373 e. The van der Waals surface area contributed by atoms with Crippen molar-refractivity contribution < 1.29 is 14.3 Å². The highest BCUT2D eigenvalue weighted by Crippen LogP contribution is 2.34. The quantitative estimate of drug-likeness (QED) is 0.522. The molecule has 3 rings (SSSR count). The molecule has 3 heterocycles. The molecule has 9 heteroatoms. The van der Waals surface area contributed by atoms with Crippen molar-refractivity contribution in [2.45, 2.75) is 19.4 Å². The fourth-order valence-corrected chi connectivity index (χ4v) is 3.61. The van der Waals surface area contributed by atoms with Gasteiger partial charge in [-0.1, -0.05) is 11.6 Å². The summed E-state index contributed by atoms with van der Waals surface area (Å²) >= 11 is 6.68. The molecule has 2 amide bonds. The number of aromatic nitrogens is 2. The van der Waals surface area contributed by atoms with Crippen LogP contribution in [0.25, 0.3) is 11.1 Å². The van der Waals surface area contributed by atoms with Gasteiger partial charge in [0.25, 0.3) is 0 Å². The van der Waals surface area contributed by atoms with Crippen LogP contribution in [0.15, 0.2) is 24.7 Å². The van der Waals surface area contributed by atoms with Crippen molar-refractivity contribution in [1.29, 1.82) is 0 Å². The number of rotatable bonds is 8. The summed E-state index contributed by atoms with van der Waals surface area (Å²) in [5.41, 5.74) is 8.96. The number of hydrogen-bond donors (Lipinski definition) is 1. The Morgan fingerprint density at radius 2 is 2.24 bits per heavy atom. The van der Waals surface area contributed by atoms with Gasteiger partial charge >= 0.3 is 6.03 Å². The molecule has 29 heavy (non-hydrogen) atoms. The molecule has 0 radical (unpaired) electrons. The normalized spacial score (nSPS) is 13.4. The van der Waals surface area contributed by atoms with E-state index >= 15 is 0 Å². The molecular weight excluding hydrogens is 394 g/mol. The van der Waals surface area contributed by atoms with Gasteiger partial charge < -0.3 is 15.3 Å². The van der Waals surface area contributed by atoms with Gasteiger partial charge in [0, 0.05) is 54.9 Å². The highest BCUT2D eigenvalue weighted by molar-refractivity contribution is 6.34. The van der Waals surface area contributed by atoms with Crippen molar-refractivity contribution in [3.05, 3.63) is 40.8 Å². The number of amides is 2. The Hall–Kier alpha value is -2.55. The van der Waals surface area contributed by atoms with Crippen molar-refractivity contribution in [2.24, 2.45) is 5.73 Å². The average molecular weight is 418 g/mol. The number of aldehydes is 1. The monoisotopic (exact) mass is 417 g/mol. The first-order valence-corrected chi connectivity index (χ1v) is 9.77. The van der Waals surface area contributed by atoms with Crippen molar-refractivity contribution in [3.63, 3.8) is 0 Å². The van der Waals surface area contributed by atoms with Gasteiger partial charge in [0.15, 0.2) is 0 Å². The Kier molecular flexibility index (Phi) is 7.13. The van der Waals surface area contributed by atoms with E-state index in [2.05, 4.69) is 9.97 Å². The summed E-state index contributed by atoms with van der Waals surface area (Å²) in [6.07, 6.45) is 7.56. The molecule has 0 spiro atoms. The number of nitrogens with two attached hydrogens (primary N) is 1. The number of halogens is 1. The molecule has 0 bridgehead atoms. The number of pyridine rings is 2. The van der Waals surface area contributed by atoms with Crippen LogP contribution in [-0.4, -0.2) is 60.5 Å². The van der Waals surface area contributed by atoms with E-state index in [0.29, 0.717) is 37.1 Å². The van der Waals surface area contributed by atoms with E-state index in [1.54, 1.807) is 18.6 Å². The number of urea groups is 1. The molecule has 0 saturated heterocycles. The first-order valence-electron chi connectivity index (χ1n) is 9.39. The minimum atomic E-state index is -0.493. The lowest BCUT2D eigenvalue weighted by atomic mass is 10.0. The fourth-order valence-electron chi connectivity index (χ4n) is 3.35. The molecule has 0 aromatic carbocycles. The molecule has 1 aliphatic heterocycles. The predicted molar refractivity (Wildman–Crippen MR) is 111 cm³/mol. The summed E-state index contributed by atoms with van der Waals surface area (Å²) in [6.45, 7) is 2.40. The van der Waals surface area contributed by atoms with E-state index in [9.17, 15) is 9.59 Å².